The molecule has 0 radical (unpaired) electrons. The molecule has 0 rings (SSSR count). The van der Waals surface area contributed by atoms with Gasteiger partial charge in [0, 0.05) is 4.83 Å². The van der Waals surface area contributed by atoms with E-state index in [1.54, 1.807) is 0 Å². The van der Waals surface area contributed by atoms with E-state index in [2.05, 4.69) is 54.4 Å². The van der Waals surface area contributed by atoms with Gasteiger partial charge in [0.25, 0.3) is 0 Å². The summed E-state index contributed by atoms with van der Waals surface area (Å²) in [6.07, 6.45) is 2.89. The highest BCUT2D eigenvalue weighted by Gasteiger charge is 2.02. The third kappa shape index (κ3) is 5.32. The van der Waals surface area contributed by atoms with Crippen LogP contribution in [0.5, 0.6) is 0 Å². The summed E-state index contributed by atoms with van der Waals surface area (Å²) in [5.41, 5.74) is 0. The minimum absolute atomic E-state index is 0.386. The second-order valence-corrected chi connectivity index (χ2v) is 5.99. The molecule has 0 aliphatic rings. The van der Waals surface area contributed by atoms with Crippen molar-refractivity contribution >= 4 is 47.8 Å². The average molecular weight is 307 g/mol. The summed E-state index contributed by atoms with van der Waals surface area (Å²) >= 11 is 10.1. The van der Waals surface area contributed by atoms with E-state index in [4.69, 9.17) is 0 Å². The summed E-state index contributed by atoms with van der Waals surface area (Å²) in [5, 5.41) is 0. The molecular formula is C5H7Br3. The first kappa shape index (κ1) is 9.18. The molecule has 1 unspecified atom stereocenters. The van der Waals surface area contributed by atoms with E-state index in [0.29, 0.717) is 8.56 Å². The first-order chi connectivity index (χ1) is 3.66. The third-order valence-electron chi connectivity index (χ3n) is 0.659. The number of alkyl halides is 3. The smallest absolute Gasteiger partial charge is 0.0711 e. The average Bonchev–Trinajstić information content (AvgIpc) is 1.65. The van der Waals surface area contributed by atoms with E-state index in [-0.39, 0.29) is 0 Å². The molecule has 0 nitrogen and oxygen atoms in total. The van der Waals surface area contributed by atoms with Gasteiger partial charge in [-0.2, -0.15) is 0 Å². The molecule has 0 amide bonds. The van der Waals surface area contributed by atoms with Crippen LogP contribution in [0.4, 0.5) is 0 Å². The van der Waals surface area contributed by atoms with Crippen molar-refractivity contribution in [3.05, 3.63) is 12.7 Å². The first-order valence-electron chi connectivity index (χ1n) is 2.21. The van der Waals surface area contributed by atoms with Gasteiger partial charge in [-0.1, -0.05) is 53.9 Å². The van der Waals surface area contributed by atoms with Crippen molar-refractivity contribution in [1.82, 2.24) is 0 Å². The van der Waals surface area contributed by atoms with Crippen LogP contribution in [-0.4, -0.2) is 8.56 Å². The van der Waals surface area contributed by atoms with Crippen molar-refractivity contribution in [3.63, 3.8) is 0 Å². The lowest BCUT2D eigenvalue weighted by Crippen LogP contribution is -1.96. The van der Waals surface area contributed by atoms with E-state index in [1.807, 2.05) is 6.08 Å². The third-order valence-corrected chi connectivity index (χ3v) is 2.15. The Bertz CT molecular complexity index is 70.1. The monoisotopic (exact) mass is 304 g/mol. The van der Waals surface area contributed by atoms with Crippen molar-refractivity contribution in [2.45, 2.75) is 15.0 Å². The largest absolute Gasteiger partial charge is 0.102 e. The molecule has 0 N–H and O–H groups in total. The van der Waals surface area contributed by atoms with E-state index < -0.39 is 0 Å². The topological polar surface area (TPSA) is 0 Å². The zero-order valence-corrected chi connectivity index (χ0v) is 9.04. The van der Waals surface area contributed by atoms with Crippen LogP contribution in [0.1, 0.15) is 6.42 Å². The molecule has 8 heavy (non-hydrogen) atoms. The van der Waals surface area contributed by atoms with Gasteiger partial charge in [0.1, 0.15) is 0 Å². The molecule has 0 aromatic carbocycles. The molecular weight excluding hydrogens is 300 g/mol. The zero-order chi connectivity index (χ0) is 6.57. The number of halogens is 3. The summed E-state index contributed by atoms with van der Waals surface area (Å²) in [6, 6.07) is 0. The number of rotatable bonds is 3. The van der Waals surface area contributed by atoms with Gasteiger partial charge in [-0.3, -0.25) is 0 Å². The van der Waals surface area contributed by atoms with Gasteiger partial charge >= 0.3 is 0 Å². The van der Waals surface area contributed by atoms with Crippen molar-refractivity contribution < 1.29 is 0 Å². The number of hydrogen-bond donors (Lipinski definition) is 0. The fraction of sp³-hybridized carbons (Fsp3) is 0.600. The van der Waals surface area contributed by atoms with Crippen LogP contribution in [0, 0.1) is 0 Å². The van der Waals surface area contributed by atoms with Gasteiger partial charge in [0.2, 0.25) is 0 Å². The van der Waals surface area contributed by atoms with E-state index >= 15 is 0 Å². The molecule has 1 atom stereocenters. The molecule has 0 saturated carbocycles. The van der Waals surface area contributed by atoms with E-state index in [9.17, 15) is 0 Å². The minimum Gasteiger partial charge on any atom is -0.102 e. The van der Waals surface area contributed by atoms with Crippen LogP contribution in [-0.2, 0) is 0 Å². The van der Waals surface area contributed by atoms with Crippen LogP contribution in [0.25, 0.3) is 0 Å². The second kappa shape index (κ2) is 5.00. The Morgan fingerprint density at radius 1 is 1.38 bits per heavy atom. The van der Waals surface area contributed by atoms with E-state index in [0.717, 1.165) is 6.42 Å². The van der Waals surface area contributed by atoms with Crippen molar-refractivity contribution in [3.8, 4) is 0 Å². The number of allylic oxidation sites excluding steroid dienone is 1. The highest BCUT2D eigenvalue weighted by molar-refractivity contribution is 9.24. The molecule has 3 heteroatoms. The molecule has 0 spiro atoms. The minimum atomic E-state index is 0.386. The Morgan fingerprint density at radius 2 is 1.88 bits per heavy atom. The summed E-state index contributed by atoms with van der Waals surface area (Å²) in [4.78, 5) is 0.409. The maximum Gasteiger partial charge on any atom is 0.0711 e. The summed E-state index contributed by atoms with van der Waals surface area (Å²) < 4.78 is 0.386. The van der Waals surface area contributed by atoms with Gasteiger partial charge in [0.15, 0.2) is 0 Å². The lowest BCUT2D eigenvalue weighted by molar-refractivity contribution is 0.990. The molecule has 0 bridgehead atoms. The van der Waals surface area contributed by atoms with Crippen LogP contribution >= 0.6 is 47.8 Å². The first-order valence-corrected chi connectivity index (χ1v) is 4.96. The van der Waals surface area contributed by atoms with Crippen LogP contribution in [0.2, 0.25) is 0 Å². The standard InChI is InChI=1S/C5H7Br3/c1-2-4(6)3-5(7)8/h2,4-5H,1,3H2. The van der Waals surface area contributed by atoms with Crippen molar-refractivity contribution in [2.75, 3.05) is 0 Å². The summed E-state index contributed by atoms with van der Waals surface area (Å²) in [5.74, 6) is 0. The Kier molecular flexibility index (Phi) is 5.74. The summed E-state index contributed by atoms with van der Waals surface area (Å²) in [7, 11) is 0. The lowest BCUT2D eigenvalue weighted by atomic mass is 10.3. The molecule has 0 aliphatic heterocycles. The lowest BCUT2D eigenvalue weighted by Gasteiger charge is -2.02. The quantitative estimate of drug-likeness (QED) is 0.553. The Labute approximate surface area is 75.1 Å². The Hall–Kier alpha value is 1.18. The van der Waals surface area contributed by atoms with Gasteiger partial charge < -0.3 is 0 Å². The fourth-order valence-corrected chi connectivity index (χ4v) is 2.45. The Balaban J connectivity index is 3.23. The van der Waals surface area contributed by atoms with Gasteiger partial charge in [-0.25, -0.2) is 0 Å². The van der Waals surface area contributed by atoms with Crippen molar-refractivity contribution in [1.29, 1.82) is 0 Å². The fourth-order valence-electron chi connectivity index (χ4n) is 0.266. The van der Waals surface area contributed by atoms with Crippen LogP contribution in [0.3, 0.4) is 0 Å². The highest BCUT2D eigenvalue weighted by atomic mass is 79.9. The molecule has 0 fully saturated rings. The highest BCUT2D eigenvalue weighted by Crippen LogP contribution is 2.19. The summed E-state index contributed by atoms with van der Waals surface area (Å²) in [6.45, 7) is 3.63. The Morgan fingerprint density at radius 3 is 2.00 bits per heavy atom. The van der Waals surface area contributed by atoms with Crippen LogP contribution in [0.15, 0.2) is 12.7 Å². The molecule has 0 aliphatic carbocycles. The zero-order valence-electron chi connectivity index (χ0n) is 4.28. The molecule has 0 aromatic heterocycles. The molecule has 0 heterocycles. The van der Waals surface area contributed by atoms with E-state index in [1.165, 1.54) is 0 Å². The van der Waals surface area contributed by atoms with Crippen LogP contribution < -0.4 is 0 Å². The second-order valence-electron chi connectivity index (χ2n) is 1.38. The number of hydrogen-bond acceptors (Lipinski definition) is 0. The van der Waals surface area contributed by atoms with Gasteiger partial charge in [-0.05, 0) is 6.42 Å². The van der Waals surface area contributed by atoms with Gasteiger partial charge in [0.05, 0.1) is 3.74 Å². The maximum absolute atomic E-state index is 3.63. The predicted molar refractivity (Wildman–Crippen MR) is 49.2 cm³/mol. The molecule has 48 valence electrons. The van der Waals surface area contributed by atoms with Gasteiger partial charge in [-0.15, -0.1) is 6.58 Å². The SMILES string of the molecule is C=CC(Br)CC(Br)Br. The molecule has 0 saturated heterocycles. The molecule has 0 aromatic rings. The normalized spacial score (nSPS) is 14.0. The predicted octanol–water partition coefficient (Wildman–Crippen LogP) is 3.44. The maximum atomic E-state index is 3.63. The van der Waals surface area contributed by atoms with Crippen molar-refractivity contribution in [2.24, 2.45) is 0 Å².